The Hall–Kier alpha value is -1.90. The molecule has 1 saturated heterocycles. The van der Waals surface area contributed by atoms with E-state index >= 15 is 0 Å². The van der Waals surface area contributed by atoms with Crippen LogP contribution < -0.4 is 5.73 Å². The number of aromatic nitrogens is 3. The van der Waals surface area contributed by atoms with Crippen molar-refractivity contribution in [1.82, 2.24) is 14.5 Å². The molecule has 1 aromatic carbocycles. The number of ether oxygens (including phenoxy) is 2. The second-order valence-electron chi connectivity index (χ2n) is 8.97. The van der Waals surface area contributed by atoms with Gasteiger partial charge < -0.3 is 24.9 Å². The van der Waals surface area contributed by atoms with Crippen molar-refractivity contribution in [3.05, 3.63) is 52.4 Å². The minimum atomic E-state index is -1.22. The number of benzene rings is 1. The lowest BCUT2D eigenvalue weighted by atomic mass is 9.80. The summed E-state index contributed by atoms with van der Waals surface area (Å²) >= 11 is 12.3. The van der Waals surface area contributed by atoms with Gasteiger partial charge in [-0.05, 0) is 51.0 Å². The maximum absolute atomic E-state index is 11.7. The predicted octanol–water partition coefficient (Wildman–Crippen LogP) is 4.31. The maximum atomic E-state index is 11.7. The molecule has 0 amide bonds. The molecule has 5 atom stereocenters. The molecule has 7 nitrogen and oxygen atoms in total. The van der Waals surface area contributed by atoms with Gasteiger partial charge in [-0.3, -0.25) is 0 Å². The Morgan fingerprint density at radius 3 is 2.65 bits per heavy atom. The Morgan fingerprint density at radius 1 is 1.16 bits per heavy atom. The number of halogens is 2. The lowest BCUT2D eigenvalue weighted by Crippen LogP contribution is -2.39. The Bertz CT molecular complexity index is 1160. The zero-order valence-corrected chi connectivity index (χ0v) is 18.9. The summed E-state index contributed by atoms with van der Waals surface area (Å²) in [5.41, 5.74) is 6.24. The van der Waals surface area contributed by atoms with Crippen LogP contribution in [-0.2, 0) is 15.1 Å². The van der Waals surface area contributed by atoms with Gasteiger partial charge in [-0.1, -0.05) is 29.3 Å². The SMILES string of the molecule is CC1(C)O[C@@H]2[C@H](O1)[C@@H]([C@@](C)(O)c1ccc(Cl)c(Cl)c1)C[C@H]2n1ccc2c(N)ncnc21. The number of aliphatic hydroxyl groups is 1. The van der Waals surface area contributed by atoms with Gasteiger partial charge in [-0.25, -0.2) is 9.97 Å². The maximum Gasteiger partial charge on any atom is 0.163 e. The molecule has 3 N–H and O–H groups in total. The van der Waals surface area contributed by atoms with Gasteiger partial charge in [0.2, 0.25) is 0 Å². The first-order valence-electron chi connectivity index (χ1n) is 10.2. The molecule has 2 aliphatic rings. The highest BCUT2D eigenvalue weighted by atomic mass is 35.5. The molecule has 1 aliphatic heterocycles. The molecular weight excluding hydrogens is 439 g/mol. The minimum Gasteiger partial charge on any atom is -0.385 e. The molecule has 31 heavy (non-hydrogen) atoms. The third-order valence-electron chi connectivity index (χ3n) is 6.56. The smallest absolute Gasteiger partial charge is 0.163 e. The molecule has 1 saturated carbocycles. The van der Waals surface area contributed by atoms with Crippen molar-refractivity contribution >= 4 is 40.1 Å². The summed E-state index contributed by atoms with van der Waals surface area (Å²) in [4.78, 5) is 8.52. The van der Waals surface area contributed by atoms with Crippen molar-refractivity contribution in [2.45, 2.75) is 56.8 Å². The van der Waals surface area contributed by atoms with Crippen LogP contribution in [0.15, 0.2) is 36.8 Å². The van der Waals surface area contributed by atoms with Crippen LogP contribution >= 0.6 is 23.2 Å². The van der Waals surface area contributed by atoms with E-state index in [1.807, 2.05) is 26.1 Å². The lowest BCUT2D eigenvalue weighted by Gasteiger charge is -2.34. The summed E-state index contributed by atoms with van der Waals surface area (Å²) in [6, 6.07) is 7.03. The van der Waals surface area contributed by atoms with Crippen molar-refractivity contribution in [3.63, 3.8) is 0 Å². The summed E-state index contributed by atoms with van der Waals surface area (Å²) in [5, 5.41) is 13.3. The van der Waals surface area contributed by atoms with E-state index in [0.29, 0.717) is 27.8 Å². The van der Waals surface area contributed by atoms with Gasteiger partial charge in [-0.15, -0.1) is 0 Å². The third kappa shape index (κ3) is 3.31. The van der Waals surface area contributed by atoms with Gasteiger partial charge in [0.1, 0.15) is 23.9 Å². The average Bonchev–Trinajstić information content (AvgIpc) is 3.35. The number of nitrogens with two attached hydrogens (primary N) is 1. The normalized spacial score (nSPS) is 29.2. The monoisotopic (exact) mass is 462 g/mol. The van der Waals surface area contributed by atoms with E-state index < -0.39 is 11.4 Å². The van der Waals surface area contributed by atoms with Gasteiger partial charge in [0, 0.05) is 12.1 Å². The lowest BCUT2D eigenvalue weighted by molar-refractivity contribution is -0.172. The molecule has 0 radical (unpaired) electrons. The van der Waals surface area contributed by atoms with Crippen molar-refractivity contribution < 1.29 is 14.6 Å². The van der Waals surface area contributed by atoms with Crippen LogP contribution in [0.2, 0.25) is 10.0 Å². The van der Waals surface area contributed by atoms with Crippen LogP contribution in [-0.4, -0.2) is 37.6 Å². The van der Waals surface area contributed by atoms with Crippen molar-refractivity contribution in [1.29, 1.82) is 0 Å². The summed E-state index contributed by atoms with van der Waals surface area (Å²) in [5.74, 6) is -0.587. The van der Waals surface area contributed by atoms with Crippen molar-refractivity contribution in [2.24, 2.45) is 5.92 Å². The highest BCUT2D eigenvalue weighted by Gasteiger charge is 2.59. The predicted molar refractivity (Wildman–Crippen MR) is 119 cm³/mol. The molecule has 3 heterocycles. The van der Waals surface area contributed by atoms with Crippen LogP contribution in [0.25, 0.3) is 11.0 Å². The number of rotatable bonds is 3. The first kappa shape index (κ1) is 21.0. The first-order chi connectivity index (χ1) is 14.6. The molecule has 5 rings (SSSR count). The second kappa shape index (κ2) is 7.05. The fourth-order valence-corrected chi connectivity index (χ4v) is 5.36. The van der Waals surface area contributed by atoms with Gasteiger partial charge in [0.25, 0.3) is 0 Å². The van der Waals surface area contributed by atoms with E-state index in [1.165, 1.54) is 6.33 Å². The third-order valence-corrected chi connectivity index (χ3v) is 7.30. The summed E-state index contributed by atoms with van der Waals surface area (Å²) < 4.78 is 14.7. The van der Waals surface area contributed by atoms with E-state index in [2.05, 4.69) is 14.5 Å². The summed E-state index contributed by atoms with van der Waals surface area (Å²) in [7, 11) is 0. The molecule has 0 spiro atoms. The van der Waals surface area contributed by atoms with Crippen LogP contribution in [0.5, 0.6) is 0 Å². The molecule has 0 unspecified atom stereocenters. The topological polar surface area (TPSA) is 95.4 Å². The van der Waals surface area contributed by atoms with Gasteiger partial charge in [-0.2, -0.15) is 0 Å². The van der Waals surface area contributed by atoms with Crippen LogP contribution in [0.4, 0.5) is 5.82 Å². The molecule has 2 fully saturated rings. The molecule has 2 aromatic heterocycles. The Morgan fingerprint density at radius 2 is 1.90 bits per heavy atom. The number of hydrogen-bond acceptors (Lipinski definition) is 6. The van der Waals surface area contributed by atoms with Crippen molar-refractivity contribution in [2.75, 3.05) is 5.73 Å². The van der Waals surface area contributed by atoms with Crippen LogP contribution in [0, 0.1) is 5.92 Å². The number of nitrogen functional groups attached to an aromatic ring is 1. The fourth-order valence-electron chi connectivity index (χ4n) is 5.06. The number of anilines is 1. The van der Waals surface area contributed by atoms with Gasteiger partial charge in [0.15, 0.2) is 5.79 Å². The molecule has 0 bridgehead atoms. The second-order valence-corrected chi connectivity index (χ2v) is 9.78. The standard InChI is InChI=1S/C22H24Cl2N4O3/c1-21(2)30-17-13(22(3,29)11-4-5-14(23)15(24)8-11)9-16(18(17)31-21)28-7-6-12-19(25)26-10-27-20(12)28/h4-8,10,13,16-18,29H,9H2,1-3H3,(H2,25,26,27)/t13-,16+,17+,18-,22-/m0/s1. The molecule has 3 aromatic rings. The number of nitrogens with zero attached hydrogens (tertiary/aromatic N) is 3. The van der Waals surface area contributed by atoms with E-state index in [1.54, 1.807) is 25.1 Å². The quantitative estimate of drug-likeness (QED) is 0.601. The minimum absolute atomic E-state index is 0.0992. The molecule has 1 aliphatic carbocycles. The summed E-state index contributed by atoms with van der Waals surface area (Å²) in [6.07, 6.45) is 3.44. The van der Waals surface area contributed by atoms with E-state index in [4.69, 9.17) is 38.4 Å². The molecule has 9 heteroatoms. The molecule has 164 valence electrons. The zero-order valence-electron chi connectivity index (χ0n) is 17.4. The van der Waals surface area contributed by atoms with Crippen LogP contribution in [0.1, 0.15) is 38.8 Å². The number of hydrogen-bond donors (Lipinski definition) is 2. The van der Waals surface area contributed by atoms with Gasteiger partial charge in [0.05, 0.1) is 33.2 Å². The van der Waals surface area contributed by atoms with Crippen LogP contribution in [0.3, 0.4) is 0 Å². The van der Waals surface area contributed by atoms with E-state index in [0.717, 1.165) is 11.0 Å². The largest absolute Gasteiger partial charge is 0.385 e. The van der Waals surface area contributed by atoms with E-state index in [-0.39, 0.29) is 24.2 Å². The first-order valence-corrected chi connectivity index (χ1v) is 10.9. The zero-order chi connectivity index (χ0) is 22.1. The summed E-state index contributed by atoms with van der Waals surface area (Å²) in [6.45, 7) is 5.57. The van der Waals surface area contributed by atoms with Crippen molar-refractivity contribution in [3.8, 4) is 0 Å². The Balaban J connectivity index is 1.58. The molecular formula is C22H24Cl2N4O3. The van der Waals surface area contributed by atoms with E-state index in [9.17, 15) is 5.11 Å². The fraction of sp³-hybridized carbons (Fsp3) is 0.455. The Kier molecular flexibility index (Phi) is 4.77. The highest BCUT2D eigenvalue weighted by molar-refractivity contribution is 6.42. The number of fused-ring (bicyclic) bond motifs is 2. The van der Waals surface area contributed by atoms with Gasteiger partial charge >= 0.3 is 0 Å². The highest BCUT2D eigenvalue weighted by Crippen LogP contribution is 2.53. The Labute approximate surface area is 190 Å². The average molecular weight is 463 g/mol.